The number of carbonyl (C=O) groups excluding carboxylic acids is 1. The lowest BCUT2D eigenvalue weighted by Crippen LogP contribution is -2.32. The van der Waals surface area contributed by atoms with Gasteiger partial charge in [0.15, 0.2) is 0 Å². The van der Waals surface area contributed by atoms with E-state index >= 15 is 0 Å². The topological polar surface area (TPSA) is 72.8 Å². The Kier molecular flexibility index (Phi) is 13.0. The van der Waals surface area contributed by atoms with Crippen molar-refractivity contribution in [3.63, 3.8) is 0 Å². The van der Waals surface area contributed by atoms with Crippen LogP contribution in [0.4, 0.5) is 0 Å². The molecule has 0 saturated heterocycles. The zero-order valence-corrected chi connectivity index (χ0v) is 17.5. The number of carbonyl (C=O) groups is 2. The summed E-state index contributed by atoms with van der Waals surface area (Å²) in [5, 5.41) is 8.91. The molecule has 0 aliphatic rings. The molecule has 27 heavy (non-hydrogen) atoms. The molecule has 0 aliphatic heterocycles. The Morgan fingerprint density at radius 3 is 2.22 bits per heavy atom. The lowest BCUT2D eigenvalue weighted by molar-refractivity contribution is -0.183. The maximum absolute atomic E-state index is 12.4. The first-order valence-electron chi connectivity index (χ1n) is 10.0. The molecule has 0 saturated carbocycles. The zero-order chi connectivity index (χ0) is 20.7. The molecule has 5 heteroatoms. The summed E-state index contributed by atoms with van der Waals surface area (Å²) in [5.74, 6) is -3.12. The van der Waals surface area contributed by atoms with Crippen molar-refractivity contribution < 1.29 is 24.2 Å². The van der Waals surface area contributed by atoms with E-state index in [4.69, 9.17) is 14.6 Å². The summed E-state index contributed by atoms with van der Waals surface area (Å²) in [6, 6.07) is 0. The van der Waals surface area contributed by atoms with Crippen LogP contribution >= 0.6 is 0 Å². The maximum atomic E-state index is 12.4. The molecular weight excluding hydrogens is 344 g/mol. The van der Waals surface area contributed by atoms with E-state index in [0.717, 1.165) is 56.6 Å². The van der Waals surface area contributed by atoms with E-state index < -0.39 is 17.7 Å². The van der Waals surface area contributed by atoms with Crippen LogP contribution in [0.5, 0.6) is 0 Å². The van der Waals surface area contributed by atoms with Crippen molar-refractivity contribution >= 4 is 11.9 Å². The molecule has 1 N–H and O–H groups in total. The molecule has 154 valence electrons. The molecule has 0 aromatic heterocycles. The average Bonchev–Trinajstić information content (AvgIpc) is 2.63. The molecule has 0 aliphatic carbocycles. The Morgan fingerprint density at radius 1 is 1.04 bits per heavy atom. The lowest BCUT2D eigenvalue weighted by atomic mass is 10.1. The lowest BCUT2D eigenvalue weighted by Gasteiger charge is -2.26. The Morgan fingerprint density at radius 2 is 1.70 bits per heavy atom. The van der Waals surface area contributed by atoms with E-state index in [-0.39, 0.29) is 12.0 Å². The number of carboxylic acid groups (broad SMARTS) is 1. The fraction of sp³-hybridized carbons (Fsp3) is 0.636. The predicted molar refractivity (Wildman–Crippen MR) is 108 cm³/mol. The Labute approximate surface area is 164 Å². The fourth-order valence-corrected chi connectivity index (χ4v) is 2.34. The van der Waals surface area contributed by atoms with Gasteiger partial charge in [0.05, 0.1) is 6.26 Å². The highest BCUT2D eigenvalue weighted by molar-refractivity contribution is 5.95. The van der Waals surface area contributed by atoms with Crippen molar-refractivity contribution in [2.24, 2.45) is 0 Å². The molecular formula is C22H36O5. The fourth-order valence-electron chi connectivity index (χ4n) is 2.34. The van der Waals surface area contributed by atoms with Gasteiger partial charge in [0, 0.05) is 18.6 Å². The second-order valence-electron chi connectivity index (χ2n) is 6.66. The summed E-state index contributed by atoms with van der Waals surface area (Å²) >= 11 is 0. The van der Waals surface area contributed by atoms with Gasteiger partial charge in [-0.15, -0.1) is 0 Å². The van der Waals surface area contributed by atoms with Crippen LogP contribution in [0.1, 0.15) is 86.0 Å². The Bertz CT molecular complexity index is 545. The monoisotopic (exact) mass is 380 g/mol. The smallest absolute Gasteiger partial charge is 0.337 e. The Hall–Kier alpha value is -2.04. The van der Waals surface area contributed by atoms with Gasteiger partial charge in [0.2, 0.25) is 0 Å². The third-order valence-corrected chi connectivity index (χ3v) is 4.15. The van der Waals surface area contributed by atoms with Crippen molar-refractivity contribution in [3.8, 4) is 0 Å². The quantitative estimate of drug-likeness (QED) is 0.101. The second kappa shape index (κ2) is 14.1. The minimum Gasteiger partial charge on any atom is -0.478 e. The molecule has 0 amide bonds. The minimum atomic E-state index is -1.27. The number of unbranched alkanes of at least 4 members (excludes halogenated alkanes) is 3. The van der Waals surface area contributed by atoms with Crippen LogP contribution in [0.25, 0.3) is 0 Å². The number of carboxylic acids is 1. The summed E-state index contributed by atoms with van der Waals surface area (Å²) in [7, 11) is 0. The molecule has 0 aromatic carbocycles. The third-order valence-electron chi connectivity index (χ3n) is 4.15. The first-order valence-corrected chi connectivity index (χ1v) is 10.0. The van der Waals surface area contributed by atoms with Crippen molar-refractivity contribution in [3.05, 3.63) is 35.6 Å². The van der Waals surface area contributed by atoms with E-state index in [0.29, 0.717) is 0 Å². The van der Waals surface area contributed by atoms with Gasteiger partial charge in [-0.3, -0.25) is 0 Å². The first kappa shape index (κ1) is 25.0. The van der Waals surface area contributed by atoms with Crippen LogP contribution in [0, 0.1) is 0 Å². The largest absolute Gasteiger partial charge is 0.478 e. The van der Waals surface area contributed by atoms with Crippen molar-refractivity contribution in [2.45, 2.75) is 91.8 Å². The molecule has 0 aromatic rings. The summed E-state index contributed by atoms with van der Waals surface area (Å²) in [4.78, 5) is 23.3. The predicted octanol–water partition coefficient (Wildman–Crippen LogP) is 5.91. The van der Waals surface area contributed by atoms with Crippen LogP contribution in [0.15, 0.2) is 35.6 Å². The molecule has 0 heterocycles. The van der Waals surface area contributed by atoms with E-state index in [1.807, 2.05) is 6.08 Å². The highest BCUT2D eigenvalue weighted by Gasteiger charge is 2.28. The number of aliphatic carboxylic acids is 1. The number of rotatable bonds is 14. The van der Waals surface area contributed by atoms with Gasteiger partial charge in [0.25, 0.3) is 5.79 Å². The summed E-state index contributed by atoms with van der Waals surface area (Å²) < 4.78 is 11.4. The molecule has 0 bridgehead atoms. The van der Waals surface area contributed by atoms with Crippen molar-refractivity contribution in [2.75, 3.05) is 0 Å². The number of allylic oxidation sites excluding steroid dienone is 2. The summed E-state index contributed by atoms with van der Waals surface area (Å²) in [6.07, 6.45) is 13.5. The molecule has 0 radical (unpaired) electrons. The van der Waals surface area contributed by atoms with Gasteiger partial charge in [-0.05, 0) is 43.8 Å². The number of ether oxygens (including phenoxy) is 2. The van der Waals surface area contributed by atoms with Crippen molar-refractivity contribution in [1.82, 2.24) is 0 Å². The van der Waals surface area contributed by atoms with Crippen LogP contribution in [-0.4, -0.2) is 22.8 Å². The van der Waals surface area contributed by atoms with Gasteiger partial charge < -0.3 is 14.6 Å². The number of hydrogen-bond acceptors (Lipinski definition) is 4. The van der Waals surface area contributed by atoms with Gasteiger partial charge in [-0.25, -0.2) is 9.59 Å². The maximum Gasteiger partial charge on any atom is 0.337 e. The molecule has 0 fully saturated rings. The minimum absolute atomic E-state index is 0.102. The van der Waals surface area contributed by atoms with E-state index in [1.165, 1.54) is 0 Å². The normalized spacial score (nSPS) is 14.9. The SMILES string of the molecule is CCCCC=CC(C)(OC=C(CC)CCCC)OC(=O)C(=CC(=O)O)CC. The first-order chi connectivity index (χ1) is 12.8. The molecule has 1 atom stereocenters. The average molecular weight is 381 g/mol. The van der Waals surface area contributed by atoms with Crippen LogP contribution in [0.3, 0.4) is 0 Å². The summed E-state index contributed by atoms with van der Waals surface area (Å²) in [6.45, 7) is 9.70. The van der Waals surface area contributed by atoms with Crippen LogP contribution < -0.4 is 0 Å². The third kappa shape index (κ3) is 11.3. The second-order valence-corrected chi connectivity index (χ2v) is 6.66. The summed E-state index contributed by atoms with van der Waals surface area (Å²) in [5.41, 5.74) is 1.25. The van der Waals surface area contributed by atoms with Gasteiger partial charge in [-0.2, -0.15) is 0 Å². The molecule has 0 rings (SSSR count). The highest BCUT2D eigenvalue weighted by atomic mass is 16.7. The van der Waals surface area contributed by atoms with Crippen LogP contribution in [-0.2, 0) is 19.1 Å². The molecule has 0 spiro atoms. The molecule has 5 nitrogen and oxygen atoms in total. The standard InChI is InChI=1S/C22H36O5/c1-6-10-12-13-15-22(5,26-17-18(8-3)14-11-7-2)27-21(25)19(9-4)16-20(23)24/h13,15-17H,6-12,14H2,1-5H3,(H,23,24). The molecule has 1 unspecified atom stereocenters. The van der Waals surface area contributed by atoms with Gasteiger partial charge in [-0.1, -0.05) is 53.0 Å². The van der Waals surface area contributed by atoms with E-state index in [9.17, 15) is 9.59 Å². The number of esters is 1. The van der Waals surface area contributed by atoms with E-state index in [2.05, 4.69) is 20.8 Å². The van der Waals surface area contributed by atoms with Gasteiger partial charge >= 0.3 is 11.9 Å². The Balaban J connectivity index is 5.40. The van der Waals surface area contributed by atoms with Gasteiger partial charge in [0.1, 0.15) is 0 Å². The zero-order valence-electron chi connectivity index (χ0n) is 17.5. The number of hydrogen-bond donors (Lipinski definition) is 1. The van der Waals surface area contributed by atoms with Crippen LogP contribution in [0.2, 0.25) is 0 Å². The van der Waals surface area contributed by atoms with E-state index in [1.54, 1.807) is 26.2 Å². The highest BCUT2D eigenvalue weighted by Crippen LogP contribution is 2.22. The van der Waals surface area contributed by atoms with Crippen molar-refractivity contribution in [1.29, 1.82) is 0 Å².